The average Bonchev–Trinajstić information content (AvgIpc) is 2.49. The van der Waals surface area contributed by atoms with Crippen LogP contribution in [0.5, 0.6) is 0 Å². The Balaban J connectivity index is 3.59. The van der Waals surface area contributed by atoms with Crippen molar-refractivity contribution in [2.24, 2.45) is 0 Å². The van der Waals surface area contributed by atoms with Crippen LogP contribution in [-0.2, 0) is 15.8 Å². The smallest absolute Gasteiger partial charge is 0.407 e. The lowest BCUT2D eigenvalue weighted by Crippen LogP contribution is -2.35. The van der Waals surface area contributed by atoms with E-state index in [9.17, 15) is 9.00 Å². The van der Waals surface area contributed by atoms with Gasteiger partial charge in [0.25, 0.3) is 0 Å². The zero-order valence-corrected chi connectivity index (χ0v) is 16.6. The highest BCUT2D eigenvalue weighted by Gasteiger charge is 2.22. The predicted octanol–water partition coefficient (Wildman–Crippen LogP) is 5.02. The average molecular weight is 364 g/mol. The van der Waals surface area contributed by atoms with E-state index in [-0.39, 0.29) is 5.75 Å². The molecule has 1 atom stereocenters. The molecule has 0 saturated heterocycles. The second kappa shape index (κ2) is 14.7. The Morgan fingerprint density at radius 3 is 2.08 bits per heavy atom. The van der Waals surface area contributed by atoms with Crippen LogP contribution in [0.4, 0.5) is 4.79 Å². The number of hydrogen-bond donors (Lipinski definition) is 2. The monoisotopic (exact) mass is 363 g/mol. The van der Waals surface area contributed by atoms with E-state index in [2.05, 4.69) is 12.2 Å². The first kappa shape index (κ1) is 23.4. The lowest BCUT2D eigenvalue weighted by Gasteiger charge is -2.25. The molecule has 2 N–H and O–H groups in total. The number of amides is 1. The van der Waals surface area contributed by atoms with Crippen molar-refractivity contribution in [1.29, 1.82) is 0 Å². The van der Waals surface area contributed by atoms with E-state index < -0.39 is 22.8 Å². The number of alkyl carbamates (subject to hydrolysis) is 1. The van der Waals surface area contributed by atoms with Gasteiger partial charge in [0.1, 0.15) is 5.60 Å². The van der Waals surface area contributed by atoms with Gasteiger partial charge in [-0.3, -0.25) is 0 Å². The zero-order valence-electron chi connectivity index (χ0n) is 15.8. The molecule has 0 aromatic rings. The summed E-state index contributed by atoms with van der Waals surface area (Å²) < 4.78 is 24.6. The van der Waals surface area contributed by atoms with Crippen molar-refractivity contribution in [3.8, 4) is 0 Å². The van der Waals surface area contributed by atoms with Gasteiger partial charge in [0.15, 0.2) is 11.1 Å². The Hall–Kier alpha value is -0.620. The van der Waals surface area contributed by atoms with Crippen LogP contribution in [0.25, 0.3) is 0 Å². The predicted molar refractivity (Wildman–Crippen MR) is 101 cm³/mol. The fraction of sp³-hybridized carbons (Fsp3) is 0.944. The molecule has 6 heteroatoms. The van der Waals surface area contributed by atoms with Crippen LogP contribution in [0, 0.1) is 0 Å². The summed E-state index contributed by atoms with van der Waals surface area (Å²) in [5.74, 6) is 0.169. The summed E-state index contributed by atoms with van der Waals surface area (Å²) in [5, 5.41) is 2.62. The van der Waals surface area contributed by atoms with E-state index in [1.165, 1.54) is 51.4 Å². The minimum absolute atomic E-state index is 0.169. The molecule has 1 amide bonds. The van der Waals surface area contributed by atoms with E-state index >= 15 is 0 Å². The number of carbonyl (C=O) groups excluding carboxylic acids is 1. The van der Waals surface area contributed by atoms with E-state index in [1.54, 1.807) is 0 Å². The molecular weight excluding hydrogens is 326 g/mol. The lowest BCUT2D eigenvalue weighted by molar-refractivity contribution is 0.0309. The van der Waals surface area contributed by atoms with Crippen LogP contribution in [0.1, 0.15) is 91.4 Å². The van der Waals surface area contributed by atoms with Gasteiger partial charge in [-0.05, 0) is 33.1 Å². The van der Waals surface area contributed by atoms with Crippen LogP contribution >= 0.6 is 0 Å². The molecule has 0 spiro atoms. The minimum atomic E-state index is -1.80. The number of unbranched alkanes of at least 4 members (excludes halogenated alkanes) is 8. The molecule has 24 heavy (non-hydrogen) atoms. The molecule has 1 unspecified atom stereocenters. The normalized spacial score (nSPS) is 12.8. The lowest BCUT2D eigenvalue weighted by atomic mass is 9.99. The maximum absolute atomic E-state index is 11.7. The molecule has 0 aliphatic rings. The van der Waals surface area contributed by atoms with Crippen molar-refractivity contribution in [2.75, 3.05) is 12.3 Å². The molecule has 0 bridgehead atoms. The zero-order chi connectivity index (χ0) is 18.3. The van der Waals surface area contributed by atoms with E-state index in [0.717, 1.165) is 12.8 Å². The van der Waals surface area contributed by atoms with E-state index in [4.69, 9.17) is 9.29 Å². The third-order valence-corrected chi connectivity index (χ3v) is 4.65. The van der Waals surface area contributed by atoms with Gasteiger partial charge in [-0.25, -0.2) is 9.00 Å². The van der Waals surface area contributed by atoms with Gasteiger partial charge < -0.3 is 14.6 Å². The van der Waals surface area contributed by atoms with Gasteiger partial charge >= 0.3 is 6.09 Å². The van der Waals surface area contributed by atoms with Crippen molar-refractivity contribution in [2.45, 2.75) is 97.0 Å². The summed E-state index contributed by atoms with van der Waals surface area (Å²) in [6, 6.07) is 0. The molecule has 0 heterocycles. The van der Waals surface area contributed by atoms with Gasteiger partial charge in [0, 0.05) is 6.54 Å². The Bertz CT molecular complexity index is 348. The van der Waals surface area contributed by atoms with Crippen LogP contribution < -0.4 is 5.32 Å². The van der Waals surface area contributed by atoms with Crippen LogP contribution in [0.15, 0.2) is 0 Å². The van der Waals surface area contributed by atoms with Gasteiger partial charge in [-0.2, -0.15) is 0 Å². The van der Waals surface area contributed by atoms with Crippen LogP contribution in [0.2, 0.25) is 0 Å². The topological polar surface area (TPSA) is 75.6 Å². The summed E-state index contributed by atoms with van der Waals surface area (Å²) in [6.07, 6.45) is 12.4. The number of nitrogens with one attached hydrogen (secondary N) is 1. The van der Waals surface area contributed by atoms with E-state index in [0.29, 0.717) is 13.0 Å². The molecule has 144 valence electrons. The van der Waals surface area contributed by atoms with Crippen molar-refractivity contribution >= 4 is 17.2 Å². The van der Waals surface area contributed by atoms with Crippen LogP contribution in [-0.4, -0.2) is 32.8 Å². The molecule has 0 aliphatic carbocycles. The highest BCUT2D eigenvalue weighted by Crippen LogP contribution is 2.20. The molecular formula is C18H37NO4S. The Kier molecular flexibility index (Phi) is 14.3. The summed E-state index contributed by atoms with van der Waals surface area (Å²) in [7, 11) is 0. The quantitative estimate of drug-likeness (QED) is 0.316. The molecule has 0 rings (SSSR count). The standard InChI is InChI=1S/C18H37NO4S/c1-4-5-6-7-8-9-10-11-12-14-18(2,3)23-17(20)19-15-13-16-24(21)22/h4-16H2,1-3H3,(H,19,20)(H,21,22). The number of carbonyl (C=O) groups is 1. The third-order valence-electron chi connectivity index (χ3n) is 4.02. The molecule has 0 aromatic carbocycles. The largest absolute Gasteiger partial charge is 0.444 e. The van der Waals surface area contributed by atoms with Crippen molar-refractivity contribution in [3.63, 3.8) is 0 Å². The number of hydrogen-bond acceptors (Lipinski definition) is 3. The molecule has 0 radical (unpaired) electrons. The van der Waals surface area contributed by atoms with Gasteiger partial charge in [0.05, 0.1) is 5.75 Å². The Labute approximate surface area is 150 Å². The fourth-order valence-corrected chi connectivity index (χ4v) is 2.98. The van der Waals surface area contributed by atoms with Gasteiger partial charge in [-0.1, -0.05) is 58.3 Å². The molecule has 0 saturated carbocycles. The second-order valence-corrected chi connectivity index (χ2v) is 8.08. The summed E-state index contributed by atoms with van der Waals surface area (Å²) in [4.78, 5) is 11.7. The second-order valence-electron chi connectivity index (χ2n) is 7.03. The van der Waals surface area contributed by atoms with Crippen molar-refractivity contribution in [3.05, 3.63) is 0 Å². The highest BCUT2D eigenvalue weighted by molar-refractivity contribution is 7.79. The summed E-state index contributed by atoms with van der Waals surface area (Å²) in [6.45, 7) is 6.46. The first-order valence-corrected chi connectivity index (χ1v) is 10.7. The maximum atomic E-state index is 11.7. The van der Waals surface area contributed by atoms with Crippen molar-refractivity contribution < 1.29 is 18.3 Å². The molecule has 0 aromatic heterocycles. The van der Waals surface area contributed by atoms with Crippen molar-refractivity contribution in [1.82, 2.24) is 5.32 Å². The maximum Gasteiger partial charge on any atom is 0.407 e. The highest BCUT2D eigenvalue weighted by atomic mass is 32.2. The van der Waals surface area contributed by atoms with Gasteiger partial charge in [0.2, 0.25) is 0 Å². The Morgan fingerprint density at radius 2 is 1.54 bits per heavy atom. The summed E-state index contributed by atoms with van der Waals surface area (Å²) >= 11 is -1.80. The Morgan fingerprint density at radius 1 is 1.00 bits per heavy atom. The first-order valence-electron chi connectivity index (χ1n) is 9.41. The van der Waals surface area contributed by atoms with E-state index in [1.807, 2.05) is 13.8 Å². The molecule has 5 nitrogen and oxygen atoms in total. The van der Waals surface area contributed by atoms with Gasteiger partial charge in [-0.15, -0.1) is 0 Å². The summed E-state index contributed by atoms with van der Waals surface area (Å²) in [5.41, 5.74) is -0.467. The number of rotatable bonds is 15. The first-order chi connectivity index (χ1) is 11.4. The molecule has 0 aliphatic heterocycles. The number of ether oxygens (including phenoxy) is 1. The molecule has 0 fully saturated rings. The SMILES string of the molecule is CCCCCCCCCCCC(C)(C)OC(=O)NCCCS(=O)O. The minimum Gasteiger partial charge on any atom is -0.444 e. The van der Waals surface area contributed by atoms with Crippen LogP contribution in [0.3, 0.4) is 0 Å². The fourth-order valence-electron chi connectivity index (χ4n) is 2.59. The third kappa shape index (κ3) is 16.2.